The number of amides is 1. The molecule has 0 saturated carbocycles. The quantitative estimate of drug-likeness (QED) is 0.785. The van der Waals surface area contributed by atoms with Crippen LogP contribution in [-0.4, -0.2) is 37.0 Å². The van der Waals surface area contributed by atoms with Gasteiger partial charge in [0.2, 0.25) is 0 Å². The van der Waals surface area contributed by atoms with Crippen molar-refractivity contribution in [1.29, 1.82) is 5.26 Å². The Balaban J connectivity index is 1.68. The number of hydrogen-bond donors (Lipinski definition) is 0. The van der Waals surface area contributed by atoms with Crippen LogP contribution in [0.5, 0.6) is 0 Å². The summed E-state index contributed by atoms with van der Waals surface area (Å²) < 4.78 is 38.2. The molecular formula is C18H15ClF3N4O+. The molecule has 0 radical (unpaired) electrons. The van der Waals surface area contributed by atoms with Gasteiger partial charge in [-0.05, 0) is 24.3 Å². The highest BCUT2D eigenvalue weighted by atomic mass is 35.5. The molecule has 0 unspecified atom stereocenters. The summed E-state index contributed by atoms with van der Waals surface area (Å²) in [6.07, 6.45) is -3.59. The standard InChI is InChI=1S/C18H14ClF3N4O/c19-15-9-14(18(20,21)22)11-24-16(15)25-4-6-26(7-5-25)17(27)13-3-1-2-12(8-13)10-23/h1-3,8-9,11H,4-7H2/p+1. The fraction of sp³-hybridized carbons (Fsp3) is 0.278. The first kappa shape index (κ1) is 19.0. The number of carbonyl (C=O) groups excluding carboxylic acids is 1. The molecule has 2 heterocycles. The van der Waals surface area contributed by atoms with Crippen molar-refractivity contribution in [2.45, 2.75) is 6.18 Å². The first-order valence-corrected chi connectivity index (χ1v) is 8.50. The number of pyridine rings is 1. The molecule has 1 aliphatic heterocycles. The fourth-order valence-electron chi connectivity index (χ4n) is 2.91. The Kier molecular flexibility index (Phi) is 5.24. The highest BCUT2D eigenvalue weighted by Gasteiger charge is 2.34. The third kappa shape index (κ3) is 4.14. The summed E-state index contributed by atoms with van der Waals surface area (Å²) in [4.78, 5) is 18.6. The summed E-state index contributed by atoms with van der Waals surface area (Å²) in [6.45, 7) is 1.62. The number of benzene rings is 1. The van der Waals surface area contributed by atoms with Gasteiger partial charge in [-0.25, -0.2) is 4.98 Å². The summed E-state index contributed by atoms with van der Waals surface area (Å²) in [5.74, 6) is 0.206. The smallest absolute Gasteiger partial charge is 0.331 e. The van der Waals surface area contributed by atoms with Gasteiger partial charge in [-0.15, -0.1) is 0 Å². The zero-order valence-electron chi connectivity index (χ0n) is 14.1. The molecule has 0 bridgehead atoms. The van der Waals surface area contributed by atoms with Crippen molar-refractivity contribution in [2.24, 2.45) is 0 Å². The number of hydrogen-bond acceptors (Lipinski definition) is 3. The number of piperazine rings is 1. The van der Waals surface area contributed by atoms with E-state index in [2.05, 4.69) is 4.98 Å². The zero-order chi connectivity index (χ0) is 19.6. The maximum Gasteiger partial charge on any atom is 0.419 e. The third-order valence-electron chi connectivity index (χ3n) is 4.32. The van der Waals surface area contributed by atoms with Crippen LogP contribution >= 0.6 is 11.6 Å². The van der Waals surface area contributed by atoms with Crippen LogP contribution in [0.2, 0.25) is 5.02 Å². The van der Waals surface area contributed by atoms with E-state index in [1.54, 1.807) is 28.0 Å². The summed E-state index contributed by atoms with van der Waals surface area (Å²) in [5, 5.41) is 8.92. The number of aromatic amines is 1. The van der Waals surface area contributed by atoms with Crippen LogP contribution in [0.25, 0.3) is 0 Å². The molecule has 0 atom stereocenters. The number of nitrogens with zero attached hydrogens (tertiary/aromatic N) is 3. The number of rotatable bonds is 2. The van der Waals surface area contributed by atoms with Gasteiger partial charge >= 0.3 is 6.18 Å². The van der Waals surface area contributed by atoms with Gasteiger partial charge in [0.25, 0.3) is 11.7 Å². The number of halogens is 4. The topological polar surface area (TPSA) is 61.5 Å². The summed E-state index contributed by atoms with van der Waals surface area (Å²) in [5.41, 5.74) is -0.00492. The van der Waals surface area contributed by atoms with Gasteiger partial charge in [-0.2, -0.15) is 18.4 Å². The van der Waals surface area contributed by atoms with Crippen molar-refractivity contribution in [2.75, 3.05) is 31.1 Å². The van der Waals surface area contributed by atoms with E-state index in [4.69, 9.17) is 16.9 Å². The SMILES string of the molecule is N#Cc1cccc(C(=O)N2CCN(c3[nH+]cc(C(F)(F)F)cc3Cl)CC2)c1. The predicted octanol–water partition coefficient (Wildman–Crippen LogP) is 3.01. The van der Waals surface area contributed by atoms with Crippen LogP contribution in [-0.2, 0) is 6.18 Å². The Hall–Kier alpha value is -2.79. The first-order chi connectivity index (χ1) is 12.8. The Morgan fingerprint density at radius 3 is 2.48 bits per heavy atom. The minimum absolute atomic E-state index is 0.0219. The lowest BCUT2D eigenvalue weighted by Gasteiger charge is -2.31. The lowest BCUT2D eigenvalue weighted by Crippen LogP contribution is -2.50. The molecule has 5 nitrogen and oxygen atoms in total. The molecule has 1 saturated heterocycles. The molecule has 1 aromatic heterocycles. The van der Waals surface area contributed by atoms with Crippen LogP contribution < -0.4 is 9.88 Å². The van der Waals surface area contributed by atoms with E-state index in [1.165, 1.54) is 6.07 Å². The molecular weight excluding hydrogens is 381 g/mol. The molecule has 9 heteroatoms. The van der Waals surface area contributed by atoms with E-state index >= 15 is 0 Å². The first-order valence-electron chi connectivity index (χ1n) is 8.12. The lowest BCUT2D eigenvalue weighted by atomic mass is 10.1. The number of H-pyrrole nitrogens is 1. The van der Waals surface area contributed by atoms with Gasteiger partial charge in [-0.3, -0.25) is 9.69 Å². The van der Waals surface area contributed by atoms with Gasteiger partial charge in [0.05, 0.1) is 30.3 Å². The molecule has 1 aromatic carbocycles. The summed E-state index contributed by atoms with van der Waals surface area (Å²) in [7, 11) is 0. The van der Waals surface area contributed by atoms with Crippen molar-refractivity contribution in [3.63, 3.8) is 0 Å². The van der Waals surface area contributed by atoms with E-state index in [9.17, 15) is 18.0 Å². The van der Waals surface area contributed by atoms with E-state index in [-0.39, 0.29) is 10.9 Å². The van der Waals surface area contributed by atoms with Gasteiger partial charge < -0.3 is 4.90 Å². The van der Waals surface area contributed by atoms with Crippen molar-refractivity contribution >= 4 is 23.3 Å². The average molecular weight is 396 g/mol. The minimum Gasteiger partial charge on any atom is -0.331 e. The Morgan fingerprint density at radius 2 is 1.89 bits per heavy atom. The van der Waals surface area contributed by atoms with E-state index < -0.39 is 11.7 Å². The summed E-state index contributed by atoms with van der Waals surface area (Å²) in [6, 6.07) is 9.34. The monoisotopic (exact) mass is 395 g/mol. The minimum atomic E-state index is -4.47. The number of alkyl halides is 3. The number of nitrogens with one attached hydrogen (secondary N) is 1. The molecule has 1 N–H and O–H groups in total. The fourth-order valence-corrected chi connectivity index (χ4v) is 3.20. The molecule has 140 valence electrons. The Bertz CT molecular complexity index is 902. The van der Waals surface area contributed by atoms with Crippen LogP contribution in [0.3, 0.4) is 0 Å². The predicted molar refractivity (Wildman–Crippen MR) is 92.3 cm³/mol. The van der Waals surface area contributed by atoms with Crippen LogP contribution in [0.15, 0.2) is 36.5 Å². The lowest BCUT2D eigenvalue weighted by molar-refractivity contribution is -0.367. The number of carbonyl (C=O) groups is 1. The second-order valence-electron chi connectivity index (χ2n) is 6.05. The van der Waals surface area contributed by atoms with Crippen molar-refractivity contribution in [3.05, 3.63) is 58.2 Å². The maximum atomic E-state index is 12.7. The highest BCUT2D eigenvalue weighted by molar-refractivity contribution is 6.32. The Labute approximate surface area is 158 Å². The van der Waals surface area contributed by atoms with Gasteiger partial charge in [0, 0.05) is 5.56 Å². The zero-order valence-corrected chi connectivity index (χ0v) is 14.8. The van der Waals surface area contributed by atoms with Crippen LogP contribution in [0.1, 0.15) is 21.5 Å². The van der Waals surface area contributed by atoms with Crippen molar-refractivity contribution in [1.82, 2.24) is 4.90 Å². The van der Waals surface area contributed by atoms with E-state index in [1.807, 2.05) is 6.07 Å². The molecule has 2 aromatic rings. The second kappa shape index (κ2) is 7.45. The number of aromatic nitrogens is 1. The molecule has 27 heavy (non-hydrogen) atoms. The number of anilines is 1. The molecule has 1 aliphatic rings. The molecule has 1 fully saturated rings. The number of nitriles is 1. The second-order valence-corrected chi connectivity index (χ2v) is 6.46. The summed E-state index contributed by atoms with van der Waals surface area (Å²) >= 11 is 6.01. The van der Waals surface area contributed by atoms with E-state index in [0.717, 1.165) is 12.3 Å². The molecule has 0 aliphatic carbocycles. The average Bonchev–Trinajstić information content (AvgIpc) is 2.67. The third-order valence-corrected chi connectivity index (χ3v) is 4.61. The van der Waals surface area contributed by atoms with Crippen molar-refractivity contribution < 1.29 is 22.9 Å². The van der Waals surface area contributed by atoms with Gasteiger partial charge in [-0.1, -0.05) is 17.7 Å². The molecule has 0 spiro atoms. The normalized spacial score (nSPS) is 14.8. The van der Waals surface area contributed by atoms with Gasteiger partial charge in [0.15, 0.2) is 0 Å². The largest absolute Gasteiger partial charge is 0.419 e. The van der Waals surface area contributed by atoms with Gasteiger partial charge in [0.1, 0.15) is 24.3 Å². The molecule has 1 amide bonds. The van der Waals surface area contributed by atoms with Crippen LogP contribution in [0, 0.1) is 11.3 Å². The molecule has 3 rings (SSSR count). The van der Waals surface area contributed by atoms with E-state index in [0.29, 0.717) is 43.1 Å². The Morgan fingerprint density at radius 1 is 1.19 bits per heavy atom. The van der Waals surface area contributed by atoms with Crippen LogP contribution in [0.4, 0.5) is 19.0 Å². The van der Waals surface area contributed by atoms with Crippen molar-refractivity contribution in [3.8, 4) is 6.07 Å². The maximum absolute atomic E-state index is 12.7. The highest BCUT2D eigenvalue weighted by Crippen LogP contribution is 2.32.